The van der Waals surface area contributed by atoms with E-state index >= 15 is 0 Å². The number of nitrogens with zero attached hydrogens (tertiary/aromatic N) is 1. The van der Waals surface area contributed by atoms with Gasteiger partial charge in [-0.3, -0.25) is 4.79 Å². The fourth-order valence-electron chi connectivity index (χ4n) is 1.93. The monoisotopic (exact) mass is 259 g/mol. The van der Waals surface area contributed by atoms with Crippen molar-refractivity contribution in [2.24, 2.45) is 0 Å². The van der Waals surface area contributed by atoms with Crippen LogP contribution in [0.3, 0.4) is 0 Å². The van der Waals surface area contributed by atoms with Gasteiger partial charge in [0.1, 0.15) is 0 Å². The van der Waals surface area contributed by atoms with E-state index in [4.69, 9.17) is 9.84 Å². The molecule has 0 bridgehead atoms. The van der Waals surface area contributed by atoms with Crippen LogP contribution < -0.4 is 0 Å². The Hall–Kier alpha value is -1.83. The Morgan fingerprint density at radius 3 is 2.79 bits per heavy atom. The Labute approximate surface area is 113 Å². The lowest BCUT2D eigenvalue weighted by atomic mass is 10.1. The maximum atomic E-state index is 12.4. The zero-order valence-corrected chi connectivity index (χ0v) is 10.8. The number of rotatable bonds is 2. The highest BCUT2D eigenvalue weighted by molar-refractivity contribution is 5.96. The van der Waals surface area contributed by atoms with E-state index in [0.717, 1.165) is 0 Å². The van der Waals surface area contributed by atoms with Gasteiger partial charge in [0.15, 0.2) is 0 Å². The molecule has 1 heterocycles. The van der Waals surface area contributed by atoms with E-state index in [2.05, 4.69) is 11.8 Å². The van der Waals surface area contributed by atoms with Gasteiger partial charge in [-0.25, -0.2) is 0 Å². The standard InChI is InChI=1S/C15H17NO3/c17-10-4-3-6-13-5-1-2-7-14(13)15(18)16-8-11-19-12-9-16/h1-2,5,7,17H,4,8-12H2. The number of carbonyl (C=O) groups is 1. The van der Waals surface area contributed by atoms with Crippen molar-refractivity contribution < 1.29 is 14.6 Å². The second-order valence-electron chi connectivity index (χ2n) is 4.23. The lowest BCUT2D eigenvalue weighted by molar-refractivity contribution is 0.0302. The van der Waals surface area contributed by atoms with Gasteiger partial charge in [0.2, 0.25) is 0 Å². The smallest absolute Gasteiger partial charge is 0.255 e. The number of hydrogen-bond donors (Lipinski definition) is 1. The molecular weight excluding hydrogens is 242 g/mol. The van der Waals surface area contributed by atoms with E-state index in [-0.39, 0.29) is 12.5 Å². The molecule has 4 nitrogen and oxygen atoms in total. The van der Waals surface area contributed by atoms with E-state index in [1.165, 1.54) is 0 Å². The quantitative estimate of drug-likeness (QED) is 0.803. The van der Waals surface area contributed by atoms with Crippen LogP contribution in [0.25, 0.3) is 0 Å². The zero-order chi connectivity index (χ0) is 13.5. The van der Waals surface area contributed by atoms with Gasteiger partial charge < -0.3 is 14.7 Å². The average Bonchev–Trinajstić information content (AvgIpc) is 2.48. The highest BCUT2D eigenvalue weighted by Gasteiger charge is 2.20. The number of morpholine rings is 1. The van der Waals surface area contributed by atoms with Gasteiger partial charge in [0.05, 0.1) is 25.4 Å². The molecule has 4 heteroatoms. The van der Waals surface area contributed by atoms with Crippen LogP contribution in [0.15, 0.2) is 24.3 Å². The van der Waals surface area contributed by atoms with Gasteiger partial charge in [-0.05, 0) is 12.1 Å². The number of aliphatic hydroxyl groups is 1. The summed E-state index contributed by atoms with van der Waals surface area (Å²) < 4.78 is 5.25. The van der Waals surface area contributed by atoms with Crippen molar-refractivity contribution >= 4 is 5.91 Å². The van der Waals surface area contributed by atoms with Gasteiger partial charge in [0, 0.05) is 25.1 Å². The highest BCUT2D eigenvalue weighted by atomic mass is 16.5. The Bertz CT molecular complexity index is 496. The third kappa shape index (κ3) is 3.57. The molecule has 2 rings (SSSR count). The Morgan fingerprint density at radius 2 is 2.05 bits per heavy atom. The second-order valence-corrected chi connectivity index (χ2v) is 4.23. The lowest BCUT2D eigenvalue weighted by Crippen LogP contribution is -2.40. The normalized spacial score (nSPS) is 14.7. The first-order valence-electron chi connectivity index (χ1n) is 6.38. The predicted octanol–water partition coefficient (Wildman–Crippen LogP) is 0.893. The molecule has 1 saturated heterocycles. The lowest BCUT2D eigenvalue weighted by Gasteiger charge is -2.27. The molecule has 1 aliphatic rings. The van der Waals surface area contributed by atoms with Crippen LogP contribution in [0.4, 0.5) is 0 Å². The second kappa shape index (κ2) is 6.93. The third-order valence-electron chi connectivity index (χ3n) is 2.92. The zero-order valence-electron chi connectivity index (χ0n) is 10.8. The van der Waals surface area contributed by atoms with Crippen molar-refractivity contribution in [2.45, 2.75) is 6.42 Å². The van der Waals surface area contributed by atoms with Crippen LogP contribution >= 0.6 is 0 Å². The minimum Gasteiger partial charge on any atom is -0.395 e. The molecule has 1 aromatic carbocycles. The minimum absolute atomic E-state index is 0.00259. The SMILES string of the molecule is O=C(c1ccccc1C#CCCO)N1CCOCC1. The molecule has 0 radical (unpaired) electrons. The summed E-state index contributed by atoms with van der Waals surface area (Å²) in [5.41, 5.74) is 1.34. The van der Waals surface area contributed by atoms with E-state index in [0.29, 0.717) is 43.9 Å². The van der Waals surface area contributed by atoms with Crippen LogP contribution in [0, 0.1) is 11.8 Å². The summed E-state index contributed by atoms with van der Waals surface area (Å²) in [4.78, 5) is 14.2. The van der Waals surface area contributed by atoms with Crippen LogP contribution in [-0.2, 0) is 4.74 Å². The van der Waals surface area contributed by atoms with Crippen molar-refractivity contribution in [3.05, 3.63) is 35.4 Å². The van der Waals surface area contributed by atoms with Crippen LogP contribution in [0.1, 0.15) is 22.3 Å². The number of carbonyl (C=O) groups excluding carboxylic acids is 1. The van der Waals surface area contributed by atoms with Crippen molar-refractivity contribution in [1.82, 2.24) is 4.90 Å². The molecule has 0 saturated carbocycles. The Morgan fingerprint density at radius 1 is 1.32 bits per heavy atom. The molecular formula is C15H17NO3. The largest absolute Gasteiger partial charge is 0.395 e. The summed E-state index contributed by atoms with van der Waals surface area (Å²) in [6.45, 7) is 2.45. The fraction of sp³-hybridized carbons (Fsp3) is 0.400. The van der Waals surface area contributed by atoms with Crippen LogP contribution in [0.5, 0.6) is 0 Å². The Kier molecular flexibility index (Phi) is 4.96. The van der Waals surface area contributed by atoms with E-state index < -0.39 is 0 Å². The van der Waals surface area contributed by atoms with Gasteiger partial charge in [-0.1, -0.05) is 24.0 Å². The summed E-state index contributed by atoms with van der Waals surface area (Å²) in [6, 6.07) is 7.32. The summed E-state index contributed by atoms with van der Waals surface area (Å²) in [5.74, 6) is 5.80. The third-order valence-corrected chi connectivity index (χ3v) is 2.92. The summed E-state index contributed by atoms with van der Waals surface area (Å²) in [6.07, 6.45) is 0.417. The van der Waals surface area contributed by atoms with Gasteiger partial charge in [-0.2, -0.15) is 0 Å². The molecule has 0 aliphatic carbocycles. The molecule has 0 aromatic heterocycles. The van der Waals surface area contributed by atoms with E-state index in [1.54, 1.807) is 11.0 Å². The fourth-order valence-corrected chi connectivity index (χ4v) is 1.93. The molecule has 1 N–H and O–H groups in total. The van der Waals surface area contributed by atoms with Crippen molar-refractivity contribution in [3.8, 4) is 11.8 Å². The highest BCUT2D eigenvalue weighted by Crippen LogP contribution is 2.12. The van der Waals surface area contributed by atoms with Crippen molar-refractivity contribution in [3.63, 3.8) is 0 Å². The molecule has 19 heavy (non-hydrogen) atoms. The van der Waals surface area contributed by atoms with Gasteiger partial charge in [-0.15, -0.1) is 0 Å². The van der Waals surface area contributed by atoms with Gasteiger partial charge >= 0.3 is 0 Å². The number of aliphatic hydroxyl groups excluding tert-OH is 1. The molecule has 1 aromatic rings. The summed E-state index contributed by atoms with van der Waals surface area (Å²) >= 11 is 0. The first kappa shape index (κ1) is 13.6. The number of hydrogen-bond acceptors (Lipinski definition) is 3. The first-order chi connectivity index (χ1) is 9.33. The molecule has 1 amide bonds. The molecule has 0 spiro atoms. The molecule has 0 unspecified atom stereocenters. The summed E-state index contributed by atoms with van der Waals surface area (Å²) in [5, 5.41) is 8.74. The predicted molar refractivity (Wildman–Crippen MR) is 71.7 cm³/mol. The summed E-state index contributed by atoms with van der Waals surface area (Å²) in [7, 11) is 0. The topological polar surface area (TPSA) is 49.8 Å². The first-order valence-corrected chi connectivity index (χ1v) is 6.38. The minimum atomic E-state index is -0.00259. The maximum Gasteiger partial charge on any atom is 0.255 e. The van der Waals surface area contributed by atoms with Crippen molar-refractivity contribution in [1.29, 1.82) is 0 Å². The van der Waals surface area contributed by atoms with Gasteiger partial charge in [0.25, 0.3) is 5.91 Å². The van der Waals surface area contributed by atoms with Crippen LogP contribution in [0.2, 0.25) is 0 Å². The van der Waals surface area contributed by atoms with Crippen LogP contribution in [-0.4, -0.2) is 48.8 Å². The molecule has 0 atom stereocenters. The number of amides is 1. The van der Waals surface area contributed by atoms with E-state index in [1.807, 2.05) is 18.2 Å². The van der Waals surface area contributed by atoms with E-state index in [9.17, 15) is 4.79 Å². The maximum absolute atomic E-state index is 12.4. The average molecular weight is 259 g/mol. The van der Waals surface area contributed by atoms with Crippen molar-refractivity contribution in [2.75, 3.05) is 32.9 Å². The molecule has 1 aliphatic heterocycles. The molecule has 1 fully saturated rings. The Balaban J connectivity index is 2.19. The number of ether oxygens (including phenoxy) is 1. The number of benzene rings is 1. The molecule has 100 valence electrons.